The summed E-state index contributed by atoms with van der Waals surface area (Å²) < 4.78 is 54.2. The van der Waals surface area contributed by atoms with Gasteiger partial charge >= 0.3 is 35.5 Å². The number of fused-ring (bicyclic) bond motifs is 1. The second-order valence-corrected chi connectivity index (χ2v) is 6.80. The quantitative estimate of drug-likeness (QED) is 0.229. The van der Waals surface area contributed by atoms with E-state index in [0.717, 1.165) is 5.56 Å². The Morgan fingerprint density at radius 1 is 1.14 bits per heavy atom. The summed E-state index contributed by atoms with van der Waals surface area (Å²) in [7, 11) is -5.06. The van der Waals surface area contributed by atoms with Crippen LogP contribution in [0.4, 0.5) is 0 Å². The normalized spacial score (nSPS) is 11.0. The molecular weight excluding hydrogens is 411 g/mol. The Labute approximate surface area is 190 Å². The third kappa shape index (κ3) is 5.74. The summed E-state index contributed by atoms with van der Waals surface area (Å²) >= 11 is 0. The first-order chi connectivity index (χ1) is 13.3. The summed E-state index contributed by atoms with van der Waals surface area (Å²) in [5.41, 5.74) is 1.21. The number of carbonyl (C=O) groups is 1. The van der Waals surface area contributed by atoms with Crippen molar-refractivity contribution in [2.24, 2.45) is 0 Å². The van der Waals surface area contributed by atoms with Gasteiger partial charge in [-0.05, 0) is 25.5 Å². The van der Waals surface area contributed by atoms with E-state index in [1.807, 2.05) is 30.3 Å². The fourth-order valence-corrected chi connectivity index (χ4v) is 3.06. The van der Waals surface area contributed by atoms with Crippen LogP contribution in [0.3, 0.4) is 0 Å². The Morgan fingerprint density at radius 3 is 2.45 bits per heavy atom. The molecule has 0 saturated heterocycles. The minimum Gasteiger partial charge on any atom is -0.716 e. The molecule has 0 aliphatic heterocycles. The van der Waals surface area contributed by atoms with Crippen molar-refractivity contribution in [1.29, 1.82) is 0 Å². The summed E-state index contributed by atoms with van der Waals surface area (Å²) in [6.07, 6.45) is 0. The molecule has 0 N–H and O–H groups in total. The standard InChI is InChI=1S/C19H18O8S.Na/c1-3-24-19(20)18-12(2)26-15-10-16(25-11-13-7-5-4-6-8-13)17(9-14(15)18)27-28(21,22)23;/h4-10H,3,11H2,1-2H3,(H,21,22,23);/q;+1/p-1. The van der Waals surface area contributed by atoms with E-state index in [1.54, 1.807) is 13.8 Å². The van der Waals surface area contributed by atoms with E-state index in [0.29, 0.717) is 0 Å². The predicted molar refractivity (Wildman–Crippen MR) is 98.0 cm³/mol. The first-order valence-corrected chi connectivity index (χ1v) is 9.68. The van der Waals surface area contributed by atoms with Crippen LogP contribution >= 0.6 is 0 Å². The van der Waals surface area contributed by atoms with Gasteiger partial charge in [0.1, 0.15) is 23.5 Å². The Kier molecular flexibility index (Phi) is 7.73. The number of benzene rings is 2. The van der Waals surface area contributed by atoms with Gasteiger partial charge in [-0.3, -0.25) is 0 Å². The molecule has 0 radical (unpaired) electrons. The predicted octanol–water partition coefficient (Wildman–Crippen LogP) is 0.340. The summed E-state index contributed by atoms with van der Waals surface area (Å²) in [4.78, 5) is 12.2. The molecule has 0 amide bonds. The number of ether oxygens (including phenoxy) is 2. The maximum atomic E-state index is 12.2. The maximum absolute atomic E-state index is 12.2. The zero-order chi connectivity index (χ0) is 20.3. The molecule has 1 aromatic heterocycles. The molecule has 0 saturated carbocycles. The molecule has 0 atom stereocenters. The van der Waals surface area contributed by atoms with Gasteiger partial charge in [-0.15, -0.1) is 0 Å². The van der Waals surface area contributed by atoms with E-state index in [-0.39, 0.29) is 76.6 Å². The molecule has 0 unspecified atom stereocenters. The van der Waals surface area contributed by atoms with Crippen molar-refractivity contribution in [2.45, 2.75) is 20.5 Å². The maximum Gasteiger partial charge on any atom is 1.00 e. The molecule has 148 valence electrons. The second-order valence-electron chi connectivity index (χ2n) is 5.81. The van der Waals surface area contributed by atoms with Crippen LogP contribution in [0.2, 0.25) is 0 Å². The molecule has 0 aliphatic rings. The molecule has 2 aromatic carbocycles. The van der Waals surface area contributed by atoms with Gasteiger partial charge in [-0.25, -0.2) is 13.2 Å². The number of carbonyl (C=O) groups excluding carboxylic acids is 1. The number of hydrogen-bond acceptors (Lipinski definition) is 8. The summed E-state index contributed by atoms with van der Waals surface area (Å²) in [6, 6.07) is 11.7. The van der Waals surface area contributed by atoms with Crippen LogP contribution in [-0.2, 0) is 21.7 Å². The van der Waals surface area contributed by atoms with Crippen LogP contribution in [-0.4, -0.2) is 25.5 Å². The summed E-state index contributed by atoms with van der Waals surface area (Å²) in [6.45, 7) is 3.48. The van der Waals surface area contributed by atoms with Gasteiger partial charge in [-0.1, -0.05) is 30.3 Å². The van der Waals surface area contributed by atoms with E-state index in [4.69, 9.17) is 13.9 Å². The first-order valence-electron chi connectivity index (χ1n) is 8.34. The number of hydrogen-bond donors (Lipinski definition) is 0. The van der Waals surface area contributed by atoms with Crippen LogP contribution in [0.1, 0.15) is 28.6 Å². The van der Waals surface area contributed by atoms with Gasteiger partial charge in [0.05, 0.1) is 6.61 Å². The van der Waals surface area contributed by atoms with Crippen molar-refractivity contribution in [3.05, 3.63) is 59.4 Å². The molecule has 8 nitrogen and oxygen atoms in total. The van der Waals surface area contributed by atoms with Crippen molar-refractivity contribution in [2.75, 3.05) is 6.61 Å². The molecule has 0 fully saturated rings. The molecule has 3 aromatic rings. The summed E-state index contributed by atoms with van der Waals surface area (Å²) in [5, 5.41) is 0.252. The molecule has 10 heteroatoms. The van der Waals surface area contributed by atoms with Gasteiger partial charge in [0.25, 0.3) is 10.4 Å². The van der Waals surface area contributed by atoms with E-state index < -0.39 is 16.4 Å². The zero-order valence-electron chi connectivity index (χ0n) is 16.1. The average Bonchev–Trinajstić information content (AvgIpc) is 2.94. The SMILES string of the molecule is CCOC(=O)c1c(C)oc2cc(OCc3ccccc3)c(OS(=O)(=O)[O-])cc12.[Na+]. The van der Waals surface area contributed by atoms with Gasteiger partial charge in [-0.2, -0.15) is 0 Å². The van der Waals surface area contributed by atoms with Crippen LogP contribution in [0.25, 0.3) is 11.0 Å². The third-order valence-corrected chi connectivity index (χ3v) is 4.22. The minimum atomic E-state index is -5.06. The Balaban J connectivity index is 0.00000300. The molecule has 29 heavy (non-hydrogen) atoms. The molecule has 1 heterocycles. The van der Waals surface area contributed by atoms with Crippen molar-refractivity contribution in [3.63, 3.8) is 0 Å². The Bertz CT molecular complexity index is 1110. The van der Waals surface area contributed by atoms with E-state index in [2.05, 4.69) is 4.18 Å². The molecule has 0 spiro atoms. The van der Waals surface area contributed by atoms with Gasteiger partial charge in [0, 0.05) is 11.5 Å². The molecule has 0 bridgehead atoms. The fourth-order valence-electron chi connectivity index (χ4n) is 2.71. The summed E-state index contributed by atoms with van der Waals surface area (Å²) in [5.74, 6) is -0.707. The van der Waals surface area contributed by atoms with Crippen molar-refractivity contribution < 1.29 is 65.4 Å². The van der Waals surface area contributed by atoms with Crippen LogP contribution < -0.4 is 38.5 Å². The third-order valence-electron chi connectivity index (χ3n) is 3.84. The largest absolute Gasteiger partial charge is 1.00 e. The smallest absolute Gasteiger partial charge is 0.716 e. The van der Waals surface area contributed by atoms with Crippen molar-refractivity contribution in [3.8, 4) is 11.5 Å². The molecular formula is C19H17NaO8S. The number of rotatable bonds is 7. The minimum absolute atomic E-state index is 0. The molecule has 0 aliphatic carbocycles. The Morgan fingerprint density at radius 2 is 1.83 bits per heavy atom. The van der Waals surface area contributed by atoms with Gasteiger partial charge in [0.15, 0.2) is 11.5 Å². The second kappa shape index (κ2) is 9.64. The average molecular weight is 428 g/mol. The van der Waals surface area contributed by atoms with Gasteiger partial charge in [0.2, 0.25) is 0 Å². The van der Waals surface area contributed by atoms with E-state index >= 15 is 0 Å². The molecule has 3 rings (SSSR count). The fraction of sp³-hybridized carbons (Fsp3) is 0.211. The zero-order valence-corrected chi connectivity index (χ0v) is 18.9. The first kappa shape index (κ1) is 23.2. The van der Waals surface area contributed by atoms with Crippen LogP contribution in [0.15, 0.2) is 46.9 Å². The Hall–Kier alpha value is -2.04. The van der Waals surface area contributed by atoms with E-state index in [9.17, 15) is 17.8 Å². The van der Waals surface area contributed by atoms with E-state index in [1.165, 1.54) is 12.1 Å². The van der Waals surface area contributed by atoms with Crippen LogP contribution in [0.5, 0.6) is 11.5 Å². The van der Waals surface area contributed by atoms with Crippen LogP contribution in [0, 0.1) is 6.92 Å². The van der Waals surface area contributed by atoms with Gasteiger partial charge < -0.3 is 22.6 Å². The topological polar surface area (TPSA) is 115 Å². The number of aryl methyl sites for hydroxylation is 1. The number of esters is 1. The number of furan rings is 1. The van der Waals surface area contributed by atoms with Crippen molar-refractivity contribution >= 4 is 27.3 Å². The van der Waals surface area contributed by atoms with Crippen molar-refractivity contribution in [1.82, 2.24) is 0 Å². The monoisotopic (exact) mass is 428 g/mol.